The maximum atomic E-state index is 14.3. The van der Waals surface area contributed by atoms with Crippen LogP contribution in [-0.2, 0) is 9.59 Å². The van der Waals surface area contributed by atoms with E-state index in [0.717, 1.165) is 6.07 Å². The Bertz CT molecular complexity index is 1570. The van der Waals surface area contributed by atoms with Crippen LogP contribution in [0, 0.1) is 17.6 Å². The summed E-state index contributed by atoms with van der Waals surface area (Å²) in [4.78, 5) is 37.1. The van der Waals surface area contributed by atoms with Crippen LogP contribution >= 0.6 is 69.6 Å². The maximum Gasteiger partial charge on any atom is 0.315 e. The Kier molecular flexibility index (Phi) is 9.23. The lowest BCUT2D eigenvalue weighted by Gasteiger charge is -2.13. The zero-order valence-corrected chi connectivity index (χ0v) is 24.3. The number of anilines is 3. The van der Waals surface area contributed by atoms with E-state index in [2.05, 4.69) is 10.6 Å². The molecular formula is C25H13Cl6F4N3O3. The van der Waals surface area contributed by atoms with Crippen molar-refractivity contribution in [3.63, 3.8) is 0 Å². The van der Waals surface area contributed by atoms with Gasteiger partial charge < -0.3 is 16.0 Å². The van der Waals surface area contributed by atoms with Gasteiger partial charge in [-0.25, -0.2) is 8.78 Å². The Morgan fingerprint density at radius 1 is 0.780 bits per heavy atom. The molecule has 3 aromatic rings. The summed E-state index contributed by atoms with van der Waals surface area (Å²) in [6, 6.07) is 7.66. The molecule has 1 aliphatic carbocycles. The van der Waals surface area contributed by atoms with Crippen molar-refractivity contribution in [2.75, 3.05) is 16.0 Å². The third-order valence-corrected chi connectivity index (χ3v) is 8.41. The highest BCUT2D eigenvalue weighted by molar-refractivity contribution is 6.54. The molecule has 3 aromatic carbocycles. The van der Waals surface area contributed by atoms with Crippen molar-refractivity contribution < 1.29 is 31.9 Å². The van der Waals surface area contributed by atoms with E-state index in [1.54, 1.807) is 5.32 Å². The summed E-state index contributed by atoms with van der Waals surface area (Å²) in [6.07, 6.45) is -3.47. The van der Waals surface area contributed by atoms with Gasteiger partial charge in [-0.15, -0.1) is 23.2 Å². The van der Waals surface area contributed by atoms with E-state index in [4.69, 9.17) is 69.6 Å². The zero-order valence-electron chi connectivity index (χ0n) is 19.8. The molecule has 0 spiro atoms. The van der Waals surface area contributed by atoms with Gasteiger partial charge in [-0.3, -0.25) is 14.4 Å². The molecule has 4 rings (SSSR count). The summed E-state index contributed by atoms with van der Waals surface area (Å²) in [5, 5.41) is 6.54. The van der Waals surface area contributed by atoms with Gasteiger partial charge in [0.15, 0.2) is 0 Å². The van der Waals surface area contributed by atoms with Crippen LogP contribution in [0.25, 0.3) is 0 Å². The Morgan fingerprint density at radius 3 is 1.95 bits per heavy atom. The number of hydrogen-bond donors (Lipinski definition) is 3. The number of benzene rings is 3. The monoisotopic (exact) mass is 689 g/mol. The Morgan fingerprint density at radius 2 is 1.37 bits per heavy atom. The maximum absolute atomic E-state index is 14.3. The number of carbonyl (C=O) groups is 3. The SMILES string of the molecule is O=C(Nc1cc(NC(=O)C(F)F)c(F)cc1F)c1cc(NC(=O)[C@H]2[C@H](c3cc(Cl)c(Cl)c(Cl)c3)C2(Cl)Cl)ccc1Cl. The fourth-order valence-electron chi connectivity index (χ4n) is 3.94. The molecule has 216 valence electrons. The molecule has 0 aliphatic heterocycles. The highest BCUT2D eigenvalue weighted by Crippen LogP contribution is 2.65. The lowest BCUT2D eigenvalue weighted by Crippen LogP contribution is -2.21. The molecule has 41 heavy (non-hydrogen) atoms. The topological polar surface area (TPSA) is 87.3 Å². The first-order valence-electron chi connectivity index (χ1n) is 11.1. The summed E-state index contributed by atoms with van der Waals surface area (Å²) < 4.78 is 51.8. The standard InChI is InChI=1S/C25H13Cl6F4N3O3/c26-11-2-1-9(36-23(40)19-18(25(19,30)31)8-3-12(27)20(29)13(28)4-8)5-10(11)22(39)37-16-7-17(15(33)6-14(16)32)38-24(41)21(34)35/h1-7,18-19,21H,(H,36,40)(H,37,39)(H,38,41)/t18-,19+/m0/s1. The molecular weight excluding hydrogens is 679 g/mol. The number of carbonyl (C=O) groups excluding carboxylic acids is 3. The molecule has 0 unspecified atom stereocenters. The van der Waals surface area contributed by atoms with E-state index in [1.807, 2.05) is 0 Å². The molecule has 16 heteroatoms. The van der Waals surface area contributed by atoms with Crippen LogP contribution in [-0.4, -0.2) is 28.5 Å². The number of rotatable bonds is 7. The lowest BCUT2D eigenvalue weighted by molar-refractivity contribution is -0.126. The molecule has 0 aromatic heterocycles. The molecule has 0 bridgehead atoms. The molecule has 1 aliphatic rings. The molecule has 0 saturated heterocycles. The fourth-order valence-corrected chi connectivity index (χ4v) is 5.58. The molecule has 0 heterocycles. The molecule has 0 radical (unpaired) electrons. The second kappa shape index (κ2) is 12.0. The Hall–Kier alpha value is -2.47. The zero-order chi connectivity index (χ0) is 30.4. The van der Waals surface area contributed by atoms with Crippen molar-refractivity contribution in [1.82, 2.24) is 0 Å². The summed E-state index contributed by atoms with van der Waals surface area (Å²) in [5.41, 5.74) is -1.15. The highest BCUT2D eigenvalue weighted by atomic mass is 35.5. The molecule has 2 atom stereocenters. The molecule has 6 nitrogen and oxygen atoms in total. The molecule has 3 N–H and O–H groups in total. The van der Waals surface area contributed by atoms with Gasteiger partial charge in [0.1, 0.15) is 16.0 Å². The average Bonchev–Trinajstić information content (AvgIpc) is 3.47. The summed E-state index contributed by atoms with van der Waals surface area (Å²) >= 11 is 37.0. The average molecular weight is 692 g/mol. The van der Waals surface area contributed by atoms with Crippen molar-refractivity contribution in [3.05, 3.63) is 85.3 Å². The van der Waals surface area contributed by atoms with Gasteiger partial charge in [0, 0.05) is 17.7 Å². The minimum absolute atomic E-state index is 0.0796. The number of halogens is 10. The largest absolute Gasteiger partial charge is 0.326 e. The summed E-state index contributed by atoms with van der Waals surface area (Å²) in [6.45, 7) is 0. The van der Waals surface area contributed by atoms with Crippen LogP contribution in [0.3, 0.4) is 0 Å². The van der Waals surface area contributed by atoms with E-state index in [0.29, 0.717) is 11.6 Å². The van der Waals surface area contributed by atoms with Crippen LogP contribution in [0.4, 0.5) is 34.6 Å². The summed E-state index contributed by atoms with van der Waals surface area (Å²) in [5.74, 6) is -7.75. The van der Waals surface area contributed by atoms with Crippen LogP contribution in [0.15, 0.2) is 42.5 Å². The number of hydrogen-bond acceptors (Lipinski definition) is 3. The molecule has 1 saturated carbocycles. The quantitative estimate of drug-likeness (QED) is 0.132. The minimum Gasteiger partial charge on any atom is -0.326 e. The van der Waals surface area contributed by atoms with Gasteiger partial charge in [-0.2, -0.15) is 8.78 Å². The number of amides is 3. The minimum atomic E-state index is -3.47. The van der Waals surface area contributed by atoms with Gasteiger partial charge in [0.25, 0.3) is 11.8 Å². The van der Waals surface area contributed by atoms with E-state index in [9.17, 15) is 31.9 Å². The smallest absolute Gasteiger partial charge is 0.315 e. The van der Waals surface area contributed by atoms with Crippen molar-refractivity contribution in [2.24, 2.45) is 5.92 Å². The number of alkyl halides is 4. The first-order chi connectivity index (χ1) is 19.1. The van der Waals surface area contributed by atoms with Gasteiger partial charge in [0.2, 0.25) is 5.91 Å². The Labute approximate surface area is 259 Å². The Balaban J connectivity index is 1.52. The second-order valence-corrected chi connectivity index (χ2v) is 11.7. The first-order valence-corrected chi connectivity index (χ1v) is 13.4. The second-order valence-electron chi connectivity index (χ2n) is 8.67. The fraction of sp³-hybridized carbons (Fsp3) is 0.160. The van der Waals surface area contributed by atoms with E-state index in [1.165, 1.54) is 24.3 Å². The van der Waals surface area contributed by atoms with E-state index < -0.39 is 63.3 Å². The third kappa shape index (κ3) is 6.63. The van der Waals surface area contributed by atoms with Crippen LogP contribution < -0.4 is 16.0 Å². The van der Waals surface area contributed by atoms with Crippen molar-refractivity contribution >= 4 is 104 Å². The van der Waals surface area contributed by atoms with Crippen molar-refractivity contribution in [2.45, 2.75) is 16.7 Å². The first kappa shape index (κ1) is 31.5. The van der Waals surface area contributed by atoms with Gasteiger partial charge in [-0.1, -0.05) is 46.4 Å². The predicted octanol–water partition coefficient (Wildman–Crippen LogP) is 8.56. The molecule has 3 amide bonds. The number of nitrogens with one attached hydrogen (secondary N) is 3. The lowest BCUT2D eigenvalue weighted by atomic mass is 10.1. The van der Waals surface area contributed by atoms with E-state index >= 15 is 0 Å². The highest BCUT2D eigenvalue weighted by Gasteiger charge is 2.67. The van der Waals surface area contributed by atoms with Gasteiger partial charge in [-0.05, 0) is 42.0 Å². The van der Waals surface area contributed by atoms with Gasteiger partial charge in [0.05, 0.1) is 42.9 Å². The van der Waals surface area contributed by atoms with Crippen molar-refractivity contribution in [1.29, 1.82) is 0 Å². The predicted molar refractivity (Wildman–Crippen MR) is 151 cm³/mol. The summed E-state index contributed by atoms with van der Waals surface area (Å²) in [7, 11) is 0. The normalized spacial score (nSPS) is 17.2. The van der Waals surface area contributed by atoms with Crippen LogP contribution in [0.2, 0.25) is 20.1 Å². The van der Waals surface area contributed by atoms with Crippen LogP contribution in [0.5, 0.6) is 0 Å². The van der Waals surface area contributed by atoms with Crippen molar-refractivity contribution in [3.8, 4) is 0 Å². The van der Waals surface area contributed by atoms with Gasteiger partial charge >= 0.3 is 6.43 Å². The van der Waals surface area contributed by atoms with Crippen LogP contribution in [0.1, 0.15) is 21.8 Å². The molecule has 1 fully saturated rings. The van der Waals surface area contributed by atoms with E-state index in [-0.39, 0.29) is 37.4 Å². The third-order valence-electron chi connectivity index (χ3n) is 5.94.